The van der Waals surface area contributed by atoms with Crippen LogP contribution in [-0.4, -0.2) is 4.98 Å². The number of aromatic nitrogens is 1. The van der Waals surface area contributed by atoms with Crippen LogP contribution in [0.5, 0.6) is 11.6 Å². The maximum Gasteiger partial charge on any atom is 0.224 e. The molecule has 0 aliphatic heterocycles. The van der Waals surface area contributed by atoms with E-state index >= 15 is 0 Å². The molecular formula is C18H24N2O. The fraction of sp³-hybridized carbons (Fsp3) is 0.389. The van der Waals surface area contributed by atoms with E-state index in [-0.39, 0.29) is 0 Å². The van der Waals surface area contributed by atoms with Crippen molar-refractivity contribution in [2.75, 3.05) is 0 Å². The van der Waals surface area contributed by atoms with E-state index < -0.39 is 0 Å². The molecule has 0 saturated carbocycles. The van der Waals surface area contributed by atoms with Crippen molar-refractivity contribution in [2.45, 2.75) is 46.6 Å². The summed E-state index contributed by atoms with van der Waals surface area (Å²) in [5.41, 5.74) is 10.2. The molecule has 1 heterocycles. The maximum atomic E-state index is 5.94. The zero-order valence-corrected chi connectivity index (χ0v) is 13.3. The van der Waals surface area contributed by atoms with Crippen LogP contribution in [0.15, 0.2) is 30.3 Å². The molecule has 2 N–H and O–H groups in total. The molecule has 1 atom stereocenters. The lowest BCUT2D eigenvalue weighted by Crippen LogP contribution is -2.05. The summed E-state index contributed by atoms with van der Waals surface area (Å²) in [7, 11) is 0. The number of rotatable bonds is 5. The number of nitrogens with zero attached hydrogens (tertiary/aromatic N) is 1. The number of hydrogen-bond acceptors (Lipinski definition) is 3. The van der Waals surface area contributed by atoms with Crippen LogP contribution in [0.4, 0.5) is 0 Å². The highest BCUT2D eigenvalue weighted by Gasteiger charge is 2.10. The molecule has 0 amide bonds. The summed E-state index contributed by atoms with van der Waals surface area (Å²) in [5.74, 6) is 1.98. The van der Waals surface area contributed by atoms with Crippen molar-refractivity contribution >= 4 is 0 Å². The van der Waals surface area contributed by atoms with Gasteiger partial charge in [0.1, 0.15) is 5.75 Å². The van der Waals surface area contributed by atoms with E-state index in [1.165, 1.54) is 5.56 Å². The Kier molecular flexibility index (Phi) is 4.97. The average molecular weight is 284 g/mol. The standard InChI is InChI=1S/C18H24N2O/c1-5-12(2)15-6-8-16(9-7-15)21-18-17(11-19)13(3)10-14(4)20-18/h6-10,12H,5,11,19H2,1-4H3. The van der Waals surface area contributed by atoms with Gasteiger partial charge < -0.3 is 10.5 Å². The summed E-state index contributed by atoms with van der Waals surface area (Å²) in [6.45, 7) is 8.86. The maximum absolute atomic E-state index is 5.94. The molecule has 0 saturated heterocycles. The topological polar surface area (TPSA) is 48.1 Å². The molecule has 0 aliphatic carbocycles. The Bertz CT molecular complexity index is 605. The van der Waals surface area contributed by atoms with Gasteiger partial charge in [0.15, 0.2) is 0 Å². The van der Waals surface area contributed by atoms with Crippen molar-refractivity contribution in [3.8, 4) is 11.6 Å². The van der Waals surface area contributed by atoms with Gasteiger partial charge in [0.2, 0.25) is 5.88 Å². The SMILES string of the molecule is CCC(C)c1ccc(Oc2nc(C)cc(C)c2CN)cc1. The van der Waals surface area contributed by atoms with Gasteiger partial charge in [0, 0.05) is 17.8 Å². The number of pyridine rings is 1. The second kappa shape index (κ2) is 6.72. The van der Waals surface area contributed by atoms with Crippen LogP contribution < -0.4 is 10.5 Å². The lowest BCUT2D eigenvalue weighted by Gasteiger charge is -2.13. The van der Waals surface area contributed by atoms with Crippen molar-refractivity contribution in [1.29, 1.82) is 0 Å². The van der Waals surface area contributed by atoms with E-state index in [2.05, 4.69) is 31.0 Å². The first-order valence-electron chi connectivity index (χ1n) is 7.50. The Morgan fingerprint density at radius 1 is 1.19 bits per heavy atom. The van der Waals surface area contributed by atoms with Gasteiger partial charge in [-0.1, -0.05) is 26.0 Å². The number of ether oxygens (including phenoxy) is 1. The number of aryl methyl sites for hydroxylation is 2. The normalized spacial score (nSPS) is 12.2. The minimum absolute atomic E-state index is 0.430. The van der Waals surface area contributed by atoms with Crippen LogP contribution in [0.1, 0.15) is 48.6 Å². The van der Waals surface area contributed by atoms with Crippen molar-refractivity contribution in [3.05, 3.63) is 52.7 Å². The van der Waals surface area contributed by atoms with Crippen LogP contribution in [0.2, 0.25) is 0 Å². The van der Waals surface area contributed by atoms with Gasteiger partial charge in [0.25, 0.3) is 0 Å². The predicted octanol–water partition coefficient (Wildman–Crippen LogP) is 4.46. The second-order valence-corrected chi connectivity index (χ2v) is 5.55. The molecular weight excluding hydrogens is 260 g/mol. The number of nitrogens with two attached hydrogens (primary N) is 1. The highest BCUT2D eigenvalue weighted by Crippen LogP contribution is 2.28. The molecule has 1 unspecified atom stereocenters. The molecule has 21 heavy (non-hydrogen) atoms. The summed E-state index contributed by atoms with van der Waals surface area (Å²) in [5, 5.41) is 0. The highest BCUT2D eigenvalue weighted by molar-refractivity contribution is 5.39. The van der Waals surface area contributed by atoms with E-state index in [0.717, 1.165) is 29.0 Å². The lowest BCUT2D eigenvalue weighted by atomic mass is 9.99. The van der Waals surface area contributed by atoms with Crippen LogP contribution in [0.25, 0.3) is 0 Å². The fourth-order valence-corrected chi connectivity index (χ4v) is 2.37. The van der Waals surface area contributed by atoms with Crippen LogP contribution in [0.3, 0.4) is 0 Å². The smallest absolute Gasteiger partial charge is 0.224 e. The molecule has 0 fully saturated rings. The van der Waals surface area contributed by atoms with Gasteiger partial charge >= 0.3 is 0 Å². The van der Waals surface area contributed by atoms with Gasteiger partial charge in [-0.25, -0.2) is 4.98 Å². The third kappa shape index (κ3) is 3.61. The molecule has 0 aliphatic rings. The van der Waals surface area contributed by atoms with E-state index in [0.29, 0.717) is 18.3 Å². The summed E-state index contributed by atoms with van der Waals surface area (Å²) < 4.78 is 5.94. The minimum Gasteiger partial charge on any atom is -0.439 e. The second-order valence-electron chi connectivity index (χ2n) is 5.55. The Morgan fingerprint density at radius 3 is 2.43 bits per heavy atom. The van der Waals surface area contributed by atoms with Crippen molar-refractivity contribution < 1.29 is 4.74 Å². The molecule has 3 heteroatoms. The van der Waals surface area contributed by atoms with Crippen LogP contribution in [-0.2, 0) is 6.54 Å². The highest BCUT2D eigenvalue weighted by atomic mass is 16.5. The lowest BCUT2D eigenvalue weighted by molar-refractivity contribution is 0.454. The van der Waals surface area contributed by atoms with Crippen LogP contribution in [0, 0.1) is 13.8 Å². The fourth-order valence-electron chi connectivity index (χ4n) is 2.37. The first-order valence-corrected chi connectivity index (χ1v) is 7.50. The molecule has 112 valence electrons. The molecule has 0 spiro atoms. The van der Waals surface area contributed by atoms with Gasteiger partial charge in [-0.2, -0.15) is 0 Å². The monoisotopic (exact) mass is 284 g/mol. The zero-order valence-electron chi connectivity index (χ0n) is 13.3. The minimum atomic E-state index is 0.430. The molecule has 2 aromatic rings. The molecule has 0 bridgehead atoms. The third-order valence-corrected chi connectivity index (χ3v) is 3.92. The molecule has 0 radical (unpaired) electrons. The molecule has 3 nitrogen and oxygen atoms in total. The quantitative estimate of drug-likeness (QED) is 0.881. The Morgan fingerprint density at radius 2 is 1.86 bits per heavy atom. The van der Waals surface area contributed by atoms with Gasteiger partial charge in [-0.05, 0) is 55.5 Å². The zero-order chi connectivity index (χ0) is 15.4. The summed E-state index contributed by atoms with van der Waals surface area (Å²) in [4.78, 5) is 4.47. The third-order valence-electron chi connectivity index (χ3n) is 3.92. The Labute approximate surface area is 127 Å². The van der Waals surface area contributed by atoms with Gasteiger partial charge in [-0.3, -0.25) is 0 Å². The molecule has 1 aromatic carbocycles. The first-order chi connectivity index (χ1) is 10.0. The van der Waals surface area contributed by atoms with Gasteiger partial charge in [0.05, 0.1) is 0 Å². The largest absolute Gasteiger partial charge is 0.439 e. The number of hydrogen-bond donors (Lipinski definition) is 1. The summed E-state index contributed by atoms with van der Waals surface area (Å²) in [6, 6.07) is 10.3. The van der Waals surface area contributed by atoms with Crippen molar-refractivity contribution in [1.82, 2.24) is 4.98 Å². The molecule has 2 rings (SSSR count). The Hall–Kier alpha value is -1.87. The van der Waals surface area contributed by atoms with E-state index in [9.17, 15) is 0 Å². The first kappa shape index (κ1) is 15.5. The summed E-state index contributed by atoms with van der Waals surface area (Å²) >= 11 is 0. The van der Waals surface area contributed by atoms with Crippen LogP contribution >= 0.6 is 0 Å². The molecule has 1 aromatic heterocycles. The predicted molar refractivity (Wildman–Crippen MR) is 86.8 cm³/mol. The van der Waals surface area contributed by atoms with E-state index in [1.54, 1.807) is 0 Å². The van der Waals surface area contributed by atoms with Crippen molar-refractivity contribution in [3.63, 3.8) is 0 Å². The van der Waals surface area contributed by atoms with Gasteiger partial charge in [-0.15, -0.1) is 0 Å². The number of benzene rings is 1. The Balaban J connectivity index is 2.26. The summed E-state index contributed by atoms with van der Waals surface area (Å²) in [6.07, 6.45) is 1.14. The average Bonchev–Trinajstić information content (AvgIpc) is 2.47. The van der Waals surface area contributed by atoms with E-state index in [1.807, 2.05) is 32.0 Å². The van der Waals surface area contributed by atoms with E-state index in [4.69, 9.17) is 10.5 Å². The van der Waals surface area contributed by atoms with Crippen molar-refractivity contribution in [2.24, 2.45) is 5.73 Å².